The van der Waals surface area contributed by atoms with E-state index in [9.17, 15) is 15.0 Å². The highest BCUT2D eigenvalue weighted by Crippen LogP contribution is 2.22. The quantitative estimate of drug-likeness (QED) is 0.645. The molecule has 2 unspecified atom stereocenters. The molecule has 0 aliphatic carbocycles. The van der Waals surface area contributed by atoms with E-state index in [-0.39, 0.29) is 23.8 Å². The summed E-state index contributed by atoms with van der Waals surface area (Å²) < 4.78 is 0. The minimum Gasteiger partial charge on any atom is -0.478 e. The second kappa shape index (κ2) is 4.48. The number of carboxylic acids is 1. The Kier molecular flexibility index (Phi) is 3.19. The third kappa shape index (κ3) is 2.49. The molecule has 0 spiro atoms. The highest BCUT2D eigenvalue weighted by Gasteiger charge is 2.30. The maximum absolute atomic E-state index is 10.8. The zero-order chi connectivity index (χ0) is 12.6. The molecule has 92 valence electrons. The van der Waals surface area contributed by atoms with Crippen molar-refractivity contribution in [3.63, 3.8) is 0 Å². The van der Waals surface area contributed by atoms with E-state index in [2.05, 4.69) is 4.98 Å². The van der Waals surface area contributed by atoms with Crippen molar-refractivity contribution in [1.82, 2.24) is 4.98 Å². The molecule has 3 N–H and O–H groups in total. The summed E-state index contributed by atoms with van der Waals surface area (Å²) >= 11 is 5.72. The SMILES string of the molecule is O=C(O)c1cc(Cl)nc(N2CC(O)C(O)C2)c1. The van der Waals surface area contributed by atoms with E-state index in [4.69, 9.17) is 16.7 Å². The van der Waals surface area contributed by atoms with Gasteiger partial charge in [0.1, 0.15) is 11.0 Å². The van der Waals surface area contributed by atoms with Crippen LogP contribution in [0, 0.1) is 0 Å². The number of halogens is 1. The molecule has 7 heteroatoms. The summed E-state index contributed by atoms with van der Waals surface area (Å²) in [6, 6.07) is 2.61. The first-order valence-corrected chi connectivity index (χ1v) is 5.37. The summed E-state index contributed by atoms with van der Waals surface area (Å²) in [6.45, 7) is 0.404. The van der Waals surface area contributed by atoms with Crippen molar-refractivity contribution in [3.05, 3.63) is 22.8 Å². The minimum atomic E-state index is -1.10. The van der Waals surface area contributed by atoms with Crippen LogP contribution in [0.15, 0.2) is 12.1 Å². The first kappa shape index (κ1) is 12.1. The number of aliphatic hydroxyl groups excluding tert-OH is 2. The number of nitrogens with zero attached hydrogens (tertiary/aromatic N) is 2. The zero-order valence-electron chi connectivity index (χ0n) is 8.75. The Balaban J connectivity index is 2.30. The number of hydrogen-bond donors (Lipinski definition) is 3. The smallest absolute Gasteiger partial charge is 0.335 e. The molecule has 0 radical (unpaired) electrons. The van der Waals surface area contributed by atoms with Gasteiger partial charge in [0.05, 0.1) is 17.8 Å². The van der Waals surface area contributed by atoms with Crippen LogP contribution in [0.3, 0.4) is 0 Å². The fraction of sp³-hybridized carbons (Fsp3) is 0.400. The molecule has 1 aliphatic rings. The highest BCUT2D eigenvalue weighted by molar-refractivity contribution is 6.29. The number of carboxylic acid groups (broad SMARTS) is 1. The van der Waals surface area contributed by atoms with Gasteiger partial charge in [-0.25, -0.2) is 9.78 Å². The number of aromatic nitrogens is 1. The lowest BCUT2D eigenvalue weighted by molar-refractivity contribution is 0.0572. The summed E-state index contributed by atoms with van der Waals surface area (Å²) in [5.74, 6) is -0.763. The van der Waals surface area contributed by atoms with Crippen molar-refractivity contribution in [2.45, 2.75) is 12.2 Å². The van der Waals surface area contributed by atoms with Gasteiger partial charge in [0, 0.05) is 13.1 Å². The van der Waals surface area contributed by atoms with Gasteiger partial charge in [-0.2, -0.15) is 0 Å². The maximum Gasteiger partial charge on any atom is 0.335 e. The normalized spacial score (nSPS) is 24.1. The lowest BCUT2D eigenvalue weighted by Crippen LogP contribution is -2.22. The van der Waals surface area contributed by atoms with Gasteiger partial charge in [-0.05, 0) is 12.1 Å². The van der Waals surface area contributed by atoms with Crippen LogP contribution < -0.4 is 4.90 Å². The number of aromatic carboxylic acids is 1. The third-order valence-corrected chi connectivity index (χ3v) is 2.80. The lowest BCUT2D eigenvalue weighted by Gasteiger charge is -2.16. The van der Waals surface area contributed by atoms with Crippen LogP contribution in [0.25, 0.3) is 0 Å². The van der Waals surface area contributed by atoms with Gasteiger partial charge in [0.15, 0.2) is 0 Å². The van der Waals surface area contributed by atoms with Crippen LogP contribution >= 0.6 is 11.6 Å². The van der Waals surface area contributed by atoms with Crippen molar-refractivity contribution in [1.29, 1.82) is 0 Å². The second-order valence-electron chi connectivity index (χ2n) is 3.88. The first-order chi connectivity index (χ1) is 7.97. The number of hydrogen-bond acceptors (Lipinski definition) is 5. The molecular formula is C10H11ClN2O4. The Labute approximate surface area is 102 Å². The second-order valence-corrected chi connectivity index (χ2v) is 4.27. The van der Waals surface area contributed by atoms with Gasteiger partial charge >= 0.3 is 5.97 Å². The van der Waals surface area contributed by atoms with Crippen LogP contribution in [0.1, 0.15) is 10.4 Å². The Bertz CT molecular complexity index is 444. The van der Waals surface area contributed by atoms with Gasteiger partial charge in [-0.1, -0.05) is 11.6 Å². The van der Waals surface area contributed by atoms with Crippen molar-refractivity contribution < 1.29 is 20.1 Å². The van der Waals surface area contributed by atoms with Crippen molar-refractivity contribution in [2.75, 3.05) is 18.0 Å². The fourth-order valence-corrected chi connectivity index (χ4v) is 1.93. The standard InChI is InChI=1S/C10H11ClN2O4/c11-8-1-5(10(16)17)2-9(12-8)13-3-6(14)7(15)4-13/h1-2,6-7,14-15H,3-4H2,(H,16,17). The Morgan fingerprint density at radius 3 is 2.47 bits per heavy atom. The Morgan fingerprint density at radius 2 is 1.94 bits per heavy atom. The summed E-state index contributed by atoms with van der Waals surface area (Å²) in [7, 11) is 0. The van der Waals surface area contributed by atoms with Crippen LogP contribution in [-0.2, 0) is 0 Å². The molecule has 0 aromatic carbocycles. The van der Waals surface area contributed by atoms with Gasteiger partial charge in [0.25, 0.3) is 0 Å². The van der Waals surface area contributed by atoms with Crippen LogP contribution in [0.5, 0.6) is 0 Å². The Morgan fingerprint density at radius 1 is 1.35 bits per heavy atom. The van der Waals surface area contributed by atoms with E-state index >= 15 is 0 Å². The highest BCUT2D eigenvalue weighted by atomic mass is 35.5. The van der Waals surface area contributed by atoms with Gasteiger partial charge in [0.2, 0.25) is 0 Å². The van der Waals surface area contributed by atoms with Crippen molar-refractivity contribution in [3.8, 4) is 0 Å². The van der Waals surface area contributed by atoms with Crippen molar-refractivity contribution >= 4 is 23.4 Å². The van der Waals surface area contributed by atoms with Crippen LogP contribution in [0.4, 0.5) is 5.82 Å². The van der Waals surface area contributed by atoms with Crippen LogP contribution in [0.2, 0.25) is 5.15 Å². The zero-order valence-corrected chi connectivity index (χ0v) is 9.50. The maximum atomic E-state index is 10.8. The molecule has 2 rings (SSSR count). The van der Waals surface area contributed by atoms with E-state index in [0.29, 0.717) is 5.82 Å². The summed E-state index contributed by atoms with van der Waals surface area (Å²) in [5.41, 5.74) is 0.0240. The van der Waals surface area contributed by atoms with E-state index < -0.39 is 18.2 Å². The molecule has 2 atom stereocenters. The predicted octanol–water partition coefficient (Wildman–Crippen LogP) is -0.0250. The topological polar surface area (TPSA) is 93.9 Å². The molecule has 1 aliphatic heterocycles. The van der Waals surface area contributed by atoms with E-state index in [1.165, 1.54) is 12.1 Å². The largest absolute Gasteiger partial charge is 0.478 e. The minimum absolute atomic E-state index is 0.0240. The molecule has 1 saturated heterocycles. The summed E-state index contributed by atoms with van der Waals surface area (Å²) in [4.78, 5) is 16.4. The molecule has 0 bridgehead atoms. The van der Waals surface area contributed by atoms with Gasteiger partial charge in [-0.3, -0.25) is 0 Å². The van der Waals surface area contributed by atoms with E-state index in [1.54, 1.807) is 4.90 Å². The van der Waals surface area contributed by atoms with Gasteiger partial charge < -0.3 is 20.2 Å². The van der Waals surface area contributed by atoms with E-state index in [0.717, 1.165) is 0 Å². The molecule has 6 nitrogen and oxygen atoms in total. The molecule has 0 amide bonds. The van der Waals surface area contributed by atoms with Gasteiger partial charge in [-0.15, -0.1) is 0 Å². The van der Waals surface area contributed by atoms with Crippen LogP contribution in [-0.4, -0.2) is 51.6 Å². The summed E-state index contributed by atoms with van der Waals surface area (Å²) in [6.07, 6.45) is -1.71. The molecule has 2 heterocycles. The van der Waals surface area contributed by atoms with Crippen molar-refractivity contribution in [2.24, 2.45) is 0 Å². The number of rotatable bonds is 2. The number of pyridine rings is 1. The number of β-amino-alcohol motifs (C(OH)–C–C–N with tert-alkyl or cyclic N) is 2. The molecule has 1 aromatic heterocycles. The summed E-state index contributed by atoms with van der Waals surface area (Å²) in [5, 5.41) is 27.8. The molecule has 1 fully saturated rings. The first-order valence-electron chi connectivity index (χ1n) is 4.99. The number of aliphatic hydroxyl groups is 2. The fourth-order valence-electron chi connectivity index (χ4n) is 1.73. The molecule has 17 heavy (non-hydrogen) atoms. The van der Waals surface area contributed by atoms with E-state index in [1.807, 2.05) is 0 Å². The number of carbonyl (C=O) groups is 1. The average Bonchev–Trinajstić information content (AvgIpc) is 2.58. The molecular weight excluding hydrogens is 248 g/mol. The third-order valence-electron chi connectivity index (χ3n) is 2.61. The molecule has 0 saturated carbocycles. The monoisotopic (exact) mass is 258 g/mol. The average molecular weight is 259 g/mol. The molecule has 1 aromatic rings. The lowest BCUT2D eigenvalue weighted by atomic mass is 10.2. The Hall–Kier alpha value is -1.37. The number of anilines is 1. The predicted molar refractivity (Wildman–Crippen MR) is 60.4 cm³/mol.